The quantitative estimate of drug-likeness (QED) is 0.157. The lowest BCUT2D eigenvalue weighted by molar-refractivity contribution is 0.0231. The maximum absolute atomic E-state index is 6.39. The van der Waals surface area contributed by atoms with E-state index in [4.69, 9.17) is 23.2 Å². The van der Waals surface area contributed by atoms with Crippen LogP contribution in [-0.2, 0) is 13.1 Å². The van der Waals surface area contributed by atoms with Gasteiger partial charge in [0.1, 0.15) is 0 Å². The molecule has 2 atom stereocenters. The van der Waals surface area contributed by atoms with Crippen LogP contribution >= 0.6 is 23.2 Å². The van der Waals surface area contributed by atoms with Crippen molar-refractivity contribution in [2.75, 3.05) is 39.3 Å². The minimum Gasteiger partial charge on any atom is -0.308 e. The van der Waals surface area contributed by atoms with Crippen molar-refractivity contribution in [3.8, 4) is 22.3 Å². The lowest BCUT2D eigenvalue weighted by Gasteiger charge is -2.46. The van der Waals surface area contributed by atoms with Crippen molar-refractivity contribution < 1.29 is 0 Å². The lowest BCUT2D eigenvalue weighted by Crippen LogP contribution is -2.52. The van der Waals surface area contributed by atoms with Crippen LogP contribution in [-0.4, -0.2) is 60.0 Å². The molecule has 2 heterocycles. The Balaban J connectivity index is 0.000000165. The van der Waals surface area contributed by atoms with Crippen LogP contribution in [0.2, 0.25) is 10.0 Å². The number of hydrogen-bond donors (Lipinski definition) is 1. The van der Waals surface area contributed by atoms with Crippen molar-refractivity contribution >= 4 is 23.2 Å². The molecule has 4 nitrogen and oxygen atoms in total. The van der Waals surface area contributed by atoms with Gasteiger partial charge in [-0.05, 0) is 58.4 Å². The largest absolute Gasteiger partial charge is 0.308 e. The van der Waals surface area contributed by atoms with Crippen LogP contribution < -0.4 is 5.32 Å². The average molecular weight is 808 g/mol. The molecule has 2 unspecified atom stereocenters. The van der Waals surface area contributed by atoms with Crippen molar-refractivity contribution in [3.63, 3.8) is 0 Å². The molecule has 0 bridgehead atoms. The highest BCUT2D eigenvalue weighted by Gasteiger charge is 2.33. The first-order valence-corrected chi connectivity index (χ1v) is 22.0. The third kappa shape index (κ3) is 10.5. The Kier molecular flexibility index (Phi) is 14.1. The third-order valence-electron chi connectivity index (χ3n) is 12.3. The van der Waals surface area contributed by atoms with Gasteiger partial charge in [0.15, 0.2) is 0 Å². The van der Waals surface area contributed by atoms with Gasteiger partial charge in [-0.1, -0.05) is 188 Å². The van der Waals surface area contributed by atoms with Crippen molar-refractivity contribution in [1.82, 2.24) is 20.0 Å². The summed E-state index contributed by atoms with van der Waals surface area (Å²) in [7, 11) is 0. The average Bonchev–Trinajstić information content (AvgIpc) is 3.29. The molecule has 58 heavy (non-hydrogen) atoms. The summed E-state index contributed by atoms with van der Waals surface area (Å²) in [6, 6.07) is 57.4. The van der Waals surface area contributed by atoms with Crippen LogP contribution in [0.15, 0.2) is 158 Å². The van der Waals surface area contributed by atoms with Gasteiger partial charge >= 0.3 is 0 Å². The van der Waals surface area contributed by atoms with E-state index < -0.39 is 0 Å². The summed E-state index contributed by atoms with van der Waals surface area (Å²) in [6.45, 7) is 8.54. The molecule has 0 amide bonds. The van der Waals surface area contributed by atoms with Crippen LogP contribution in [0.4, 0.5) is 0 Å². The molecule has 0 aromatic heterocycles. The number of rotatable bonds is 9. The number of hydrogen-bond acceptors (Lipinski definition) is 4. The Hall–Kier alpha value is -4.26. The number of halogens is 2. The first-order valence-electron chi connectivity index (χ1n) is 21.3. The van der Waals surface area contributed by atoms with Crippen molar-refractivity contribution in [3.05, 3.63) is 190 Å². The Bertz CT molecular complexity index is 2150. The van der Waals surface area contributed by atoms with Gasteiger partial charge in [-0.25, -0.2) is 0 Å². The zero-order chi connectivity index (χ0) is 39.5. The molecule has 0 radical (unpaired) electrons. The zero-order valence-electron chi connectivity index (χ0n) is 33.5. The van der Waals surface area contributed by atoms with E-state index in [-0.39, 0.29) is 0 Å². The summed E-state index contributed by atoms with van der Waals surface area (Å²) in [4.78, 5) is 7.99. The van der Waals surface area contributed by atoms with E-state index in [1.807, 2.05) is 36.4 Å². The smallest absolute Gasteiger partial charge is 0.0484 e. The first-order chi connectivity index (χ1) is 28.6. The van der Waals surface area contributed by atoms with Gasteiger partial charge in [-0.15, -0.1) is 0 Å². The van der Waals surface area contributed by atoms with E-state index in [9.17, 15) is 0 Å². The molecule has 3 fully saturated rings. The fourth-order valence-electron chi connectivity index (χ4n) is 9.17. The predicted octanol–water partition coefficient (Wildman–Crippen LogP) is 12.4. The van der Waals surface area contributed by atoms with Crippen LogP contribution in [0.1, 0.15) is 66.4 Å². The summed E-state index contributed by atoms with van der Waals surface area (Å²) in [6.07, 6.45) is 6.94. The molecule has 3 aliphatic rings. The SMILES string of the molecule is Clc1ccccc1-c1ccc(CN2CCN(C3CCCCC3)C(c3ccccc3)C2)cc1.Clc1ccccc1-c1ccc(CN2CCNC(c3ccccc3)C2)cc1. The van der Waals surface area contributed by atoms with Gasteiger partial charge in [-0.3, -0.25) is 14.7 Å². The van der Waals surface area contributed by atoms with Crippen molar-refractivity contribution in [2.45, 2.75) is 63.3 Å². The second-order valence-electron chi connectivity index (χ2n) is 16.2. The maximum Gasteiger partial charge on any atom is 0.0484 e. The Morgan fingerprint density at radius 3 is 1.53 bits per heavy atom. The van der Waals surface area contributed by atoms with Crippen molar-refractivity contribution in [2.24, 2.45) is 0 Å². The summed E-state index contributed by atoms with van der Waals surface area (Å²) in [5.74, 6) is 0. The second kappa shape index (κ2) is 20.1. The molecule has 0 spiro atoms. The highest BCUT2D eigenvalue weighted by Crippen LogP contribution is 2.34. The molecular weight excluding hydrogens is 752 g/mol. The maximum atomic E-state index is 6.39. The van der Waals surface area contributed by atoms with E-state index in [0.717, 1.165) is 73.0 Å². The molecule has 2 aliphatic heterocycles. The van der Waals surface area contributed by atoms with Gasteiger partial charge in [0.25, 0.3) is 0 Å². The molecule has 1 aliphatic carbocycles. The Labute approximate surface area is 356 Å². The summed E-state index contributed by atoms with van der Waals surface area (Å²) >= 11 is 12.7. The minimum absolute atomic E-state index is 0.410. The zero-order valence-corrected chi connectivity index (χ0v) is 35.0. The van der Waals surface area contributed by atoms with E-state index in [0.29, 0.717) is 12.1 Å². The van der Waals surface area contributed by atoms with Crippen LogP contribution in [0.3, 0.4) is 0 Å². The molecule has 6 heteroatoms. The molecule has 9 rings (SSSR count). The van der Waals surface area contributed by atoms with E-state index in [2.05, 4.69) is 141 Å². The molecule has 1 saturated carbocycles. The number of piperazine rings is 2. The van der Waals surface area contributed by atoms with Gasteiger partial charge in [0.05, 0.1) is 0 Å². The number of benzene rings is 6. The van der Waals surface area contributed by atoms with Gasteiger partial charge in [-0.2, -0.15) is 0 Å². The Morgan fingerprint density at radius 1 is 0.483 bits per heavy atom. The number of nitrogens with one attached hydrogen (secondary N) is 1. The standard InChI is InChI=1S/C29H33ClN2.C23H23ClN2/c30-28-14-8-7-13-27(28)24-17-15-23(16-18-24)21-31-19-20-32(26-11-5-2-6-12-26)29(22-31)25-9-3-1-4-10-25;24-22-9-5-4-8-21(22)19-12-10-18(11-13-19)16-26-15-14-25-23(17-26)20-6-2-1-3-7-20/h1,3-4,7-10,13-18,26,29H,2,5-6,11-12,19-22H2;1-13,23,25H,14-17H2. The predicted molar refractivity (Wildman–Crippen MR) is 244 cm³/mol. The van der Waals surface area contributed by atoms with E-state index >= 15 is 0 Å². The fraction of sp³-hybridized carbons (Fsp3) is 0.308. The second-order valence-corrected chi connectivity index (χ2v) is 17.0. The summed E-state index contributed by atoms with van der Waals surface area (Å²) in [5.41, 5.74) is 10.1. The van der Waals surface area contributed by atoms with Crippen molar-refractivity contribution in [1.29, 1.82) is 0 Å². The van der Waals surface area contributed by atoms with E-state index in [1.165, 1.54) is 72.0 Å². The molecule has 1 N–H and O–H groups in total. The fourth-order valence-corrected chi connectivity index (χ4v) is 9.66. The van der Waals surface area contributed by atoms with E-state index in [1.54, 1.807) is 0 Å². The number of nitrogens with zero attached hydrogens (tertiary/aromatic N) is 3. The van der Waals surface area contributed by atoms with Crippen LogP contribution in [0, 0.1) is 0 Å². The first kappa shape index (κ1) is 40.5. The molecule has 6 aromatic carbocycles. The van der Waals surface area contributed by atoms with Gasteiger partial charge in [0, 0.05) is 91.7 Å². The molecule has 298 valence electrons. The highest BCUT2D eigenvalue weighted by molar-refractivity contribution is 6.33. The highest BCUT2D eigenvalue weighted by atomic mass is 35.5. The molecule has 6 aromatic rings. The van der Waals surface area contributed by atoms with Crippen LogP contribution in [0.25, 0.3) is 22.3 Å². The monoisotopic (exact) mass is 806 g/mol. The minimum atomic E-state index is 0.410. The normalized spacial score (nSPS) is 19.6. The lowest BCUT2D eigenvalue weighted by atomic mass is 9.90. The molecular formula is C52H56Cl2N4. The van der Waals surface area contributed by atoms with Gasteiger partial charge < -0.3 is 5.32 Å². The van der Waals surface area contributed by atoms with Gasteiger partial charge in [0.2, 0.25) is 0 Å². The summed E-state index contributed by atoms with van der Waals surface area (Å²) < 4.78 is 0. The topological polar surface area (TPSA) is 21.8 Å². The Morgan fingerprint density at radius 2 is 0.983 bits per heavy atom. The molecule has 2 saturated heterocycles. The van der Waals surface area contributed by atoms with Crippen LogP contribution in [0.5, 0.6) is 0 Å². The summed E-state index contributed by atoms with van der Waals surface area (Å²) in [5, 5.41) is 5.24. The third-order valence-corrected chi connectivity index (χ3v) is 12.9.